The molecule has 1 aromatic rings. The van der Waals surface area contributed by atoms with Gasteiger partial charge in [0.2, 0.25) is 0 Å². The van der Waals surface area contributed by atoms with Crippen LogP contribution in [-0.2, 0) is 0 Å². The molecule has 4 nitrogen and oxygen atoms in total. The van der Waals surface area contributed by atoms with Gasteiger partial charge in [0.1, 0.15) is 6.33 Å². The summed E-state index contributed by atoms with van der Waals surface area (Å²) in [6.07, 6.45) is 4.21. The molecule has 1 N–H and O–H groups in total. The van der Waals surface area contributed by atoms with Crippen molar-refractivity contribution in [3.05, 3.63) is 12.5 Å². The van der Waals surface area contributed by atoms with E-state index in [0.29, 0.717) is 11.8 Å². The number of nitrogens with one attached hydrogen (secondary N) is 1. The van der Waals surface area contributed by atoms with E-state index in [9.17, 15) is 0 Å². The standard InChI is InChI=1S/C9H15N3O/c1-4-7(2)12-9-8(13-3)5-10-6-11-9/h5-7H,4H2,1-3H3,(H,10,11,12). The van der Waals surface area contributed by atoms with Crippen molar-refractivity contribution in [2.75, 3.05) is 12.4 Å². The van der Waals surface area contributed by atoms with E-state index >= 15 is 0 Å². The molecule has 4 heteroatoms. The van der Waals surface area contributed by atoms with Gasteiger partial charge in [-0.2, -0.15) is 0 Å². The molecular weight excluding hydrogens is 166 g/mol. The van der Waals surface area contributed by atoms with E-state index in [2.05, 4.69) is 29.1 Å². The molecule has 0 bridgehead atoms. The van der Waals surface area contributed by atoms with Crippen LogP contribution in [0.5, 0.6) is 5.75 Å². The van der Waals surface area contributed by atoms with Gasteiger partial charge >= 0.3 is 0 Å². The van der Waals surface area contributed by atoms with E-state index < -0.39 is 0 Å². The lowest BCUT2D eigenvalue weighted by atomic mass is 10.2. The molecule has 0 aliphatic rings. The summed E-state index contributed by atoms with van der Waals surface area (Å²) in [5.74, 6) is 1.44. The highest BCUT2D eigenvalue weighted by atomic mass is 16.5. The SMILES string of the molecule is CCC(C)Nc1ncncc1OC. The average molecular weight is 181 g/mol. The van der Waals surface area contributed by atoms with Crippen LogP contribution in [-0.4, -0.2) is 23.1 Å². The number of hydrogen-bond acceptors (Lipinski definition) is 4. The first-order valence-electron chi connectivity index (χ1n) is 4.38. The maximum atomic E-state index is 5.10. The predicted molar refractivity (Wildman–Crippen MR) is 52.0 cm³/mol. The molecule has 1 rings (SSSR count). The smallest absolute Gasteiger partial charge is 0.179 e. The van der Waals surface area contributed by atoms with Crippen LogP contribution in [0.3, 0.4) is 0 Å². The van der Waals surface area contributed by atoms with Crippen molar-refractivity contribution in [3.8, 4) is 5.75 Å². The summed E-state index contributed by atoms with van der Waals surface area (Å²) >= 11 is 0. The largest absolute Gasteiger partial charge is 0.491 e. The second kappa shape index (κ2) is 4.64. The first-order valence-corrected chi connectivity index (χ1v) is 4.38. The van der Waals surface area contributed by atoms with Gasteiger partial charge in [0, 0.05) is 6.04 Å². The minimum absolute atomic E-state index is 0.392. The number of aromatic nitrogens is 2. The van der Waals surface area contributed by atoms with Gasteiger partial charge in [-0.05, 0) is 13.3 Å². The minimum atomic E-state index is 0.392. The number of anilines is 1. The molecule has 1 heterocycles. The molecule has 1 unspecified atom stereocenters. The Morgan fingerprint density at radius 2 is 2.38 bits per heavy atom. The Balaban J connectivity index is 2.74. The Morgan fingerprint density at radius 1 is 1.62 bits per heavy atom. The summed E-state index contributed by atoms with van der Waals surface area (Å²) in [7, 11) is 1.61. The van der Waals surface area contributed by atoms with Crippen LogP contribution in [0.2, 0.25) is 0 Å². The number of ether oxygens (including phenoxy) is 1. The third-order valence-electron chi connectivity index (χ3n) is 1.89. The molecule has 0 radical (unpaired) electrons. The fourth-order valence-electron chi connectivity index (χ4n) is 0.910. The quantitative estimate of drug-likeness (QED) is 0.768. The summed E-state index contributed by atoms with van der Waals surface area (Å²) in [4.78, 5) is 7.96. The fourth-order valence-corrected chi connectivity index (χ4v) is 0.910. The number of methoxy groups -OCH3 is 1. The molecule has 1 aromatic heterocycles. The topological polar surface area (TPSA) is 47.0 Å². The summed E-state index contributed by atoms with van der Waals surface area (Å²) in [5.41, 5.74) is 0. The van der Waals surface area contributed by atoms with Crippen molar-refractivity contribution in [1.29, 1.82) is 0 Å². The Bertz CT molecular complexity index is 265. The van der Waals surface area contributed by atoms with Crippen LogP contribution in [0.25, 0.3) is 0 Å². The lowest BCUT2D eigenvalue weighted by Gasteiger charge is -2.13. The number of hydrogen-bond donors (Lipinski definition) is 1. The maximum Gasteiger partial charge on any atom is 0.179 e. The van der Waals surface area contributed by atoms with Crippen LogP contribution in [0.15, 0.2) is 12.5 Å². The van der Waals surface area contributed by atoms with Crippen LogP contribution in [0, 0.1) is 0 Å². The first-order chi connectivity index (χ1) is 6.27. The van der Waals surface area contributed by atoms with E-state index in [-0.39, 0.29) is 0 Å². The van der Waals surface area contributed by atoms with Crippen LogP contribution < -0.4 is 10.1 Å². The van der Waals surface area contributed by atoms with E-state index in [4.69, 9.17) is 4.74 Å². The molecule has 72 valence electrons. The van der Waals surface area contributed by atoms with Gasteiger partial charge < -0.3 is 10.1 Å². The van der Waals surface area contributed by atoms with E-state index in [1.54, 1.807) is 13.3 Å². The van der Waals surface area contributed by atoms with Crippen molar-refractivity contribution in [1.82, 2.24) is 9.97 Å². The molecule has 0 aromatic carbocycles. The molecule has 0 spiro atoms. The zero-order chi connectivity index (χ0) is 9.68. The van der Waals surface area contributed by atoms with Crippen LogP contribution in [0.1, 0.15) is 20.3 Å². The van der Waals surface area contributed by atoms with Crippen molar-refractivity contribution in [3.63, 3.8) is 0 Å². The van der Waals surface area contributed by atoms with Crippen molar-refractivity contribution >= 4 is 5.82 Å². The molecular formula is C9H15N3O. The van der Waals surface area contributed by atoms with Gasteiger partial charge in [0.05, 0.1) is 13.3 Å². The summed E-state index contributed by atoms with van der Waals surface area (Å²) in [6.45, 7) is 4.22. The highest BCUT2D eigenvalue weighted by molar-refractivity contribution is 5.48. The zero-order valence-electron chi connectivity index (χ0n) is 8.24. The van der Waals surface area contributed by atoms with Gasteiger partial charge in [0.25, 0.3) is 0 Å². The molecule has 13 heavy (non-hydrogen) atoms. The van der Waals surface area contributed by atoms with Gasteiger partial charge in [-0.3, -0.25) is 0 Å². The first kappa shape index (κ1) is 9.77. The monoisotopic (exact) mass is 181 g/mol. The Morgan fingerprint density at radius 3 is 3.00 bits per heavy atom. The van der Waals surface area contributed by atoms with Gasteiger partial charge in [-0.15, -0.1) is 0 Å². The Kier molecular flexibility index (Phi) is 3.49. The average Bonchev–Trinajstić information content (AvgIpc) is 2.18. The summed E-state index contributed by atoms with van der Waals surface area (Å²) < 4.78 is 5.10. The van der Waals surface area contributed by atoms with Crippen molar-refractivity contribution in [2.45, 2.75) is 26.3 Å². The van der Waals surface area contributed by atoms with Gasteiger partial charge in [0.15, 0.2) is 11.6 Å². The second-order valence-corrected chi connectivity index (χ2v) is 2.89. The highest BCUT2D eigenvalue weighted by Crippen LogP contribution is 2.19. The maximum absolute atomic E-state index is 5.10. The van der Waals surface area contributed by atoms with Crippen molar-refractivity contribution in [2.24, 2.45) is 0 Å². The minimum Gasteiger partial charge on any atom is -0.491 e. The third-order valence-corrected chi connectivity index (χ3v) is 1.89. The Hall–Kier alpha value is -1.32. The highest BCUT2D eigenvalue weighted by Gasteiger charge is 2.05. The van der Waals surface area contributed by atoms with E-state index in [1.165, 1.54) is 6.33 Å². The third kappa shape index (κ3) is 2.57. The van der Waals surface area contributed by atoms with Gasteiger partial charge in [-0.25, -0.2) is 9.97 Å². The normalized spacial score (nSPS) is 12.2. The molecule has 0 aliphatic carbocycles. The van der Waals surface area contributed by atoms with Crippen LogP contribution >= 0.6 is 0 Å². The van der Waals surface area contributed by atoms with Crippen LogP contribution in [0.4, 0.5) is 5.82 Å². The molecule has 0 amide bonds. The van der Waals surface area contributed by atoms with Gasteiger partial charge in [-0.1, -0.05) is 6.92 Å². The number of rotatable bonds is 4. The summed E-state index contributed by atoms with van der Waals surface area (Å²) in [5, 5.41) is 3.23. The zero-order valence-corrected chi connectivity index (χ0v) is 8.24. The fraction of sp³-hybridized carbons (Fsp3) is 0.556. The molecule has 0 fully saturated rings. The number of nitrogens with zero attached hydrogens (tertiary/aromatic N) is 2. The lowest BCUT2D eigenvalue weighted by molar-refractivity contribution is 0.412. The molecule has 1 atom stereocenters. The Labute approximate surface area is 78.4 Å². The predicted octanol–water partition coefficient (Wildman–Crippen LogP) is 1.70. The van der Waals surface area contributed by atoms with E-state index in [0.717, 1.165) is 12.2 Å². The van der Waals surface area contributed by atoms with Crippen molar-refractivity contribution < 1.29 is 4.74 Å². The van der Waals surface area contributed by atoms with E-state index in [1.807, 2.05) is 0 Å². The summed E-state index contributed by atoms with van der Waals surface area (Å²) in [6, 6.07) is 0.392. The molecule has 0 saturated carbocycles. The lowest BCUT2D eigenvalue weighted by Crippen LogP contribution is -2.15. The molecule has 0 saturated heterocycles. The molecule has 0 aliphatic heterocycles. The second-order valence-electron chi connectivity index (χ2n) is 2.89.